The van der Waals surface area contributed by atoms with Crippen LogP contribution in [0.5, 0.6) is 0 Å². The van der Waals surface area contributed by atoms with Crippen LogP contribution in [0.25, 0.3) is 0 Å². The van der Waals surface area contributed by atoms with Crippen molar-refractivity contribution in [2.24, 2.45) is 23.7 Å². The summed E-state index contributed by atoms with van der Waals surface area (Å²) in [5, 5.41) is 6.83. The Labute approximate surface area is 181 Å². The summed E-state index contributed by atoms with van der Waals surface area (Å²) in [7, 11) is 5.75. The normalized spacial score (nSPS) is 42.8. The molecule has 8 atom stereocenters. The van der Waals surface area contributed by atoms with Crippen LogP contribution in [0.1, 0.15) is 51.9 Å². The second kappa shape index (κ2) is 9.13. The van der Waals surface area contributed by atoms with Gasteiger partial charge in [0.15, 0.2) is 0 Å². The lowest BCUT2D eigenvalue weighted by Crippen LogP contribution is -2.61. The zero-order valence-corrected chi connectivity index (χ0v) is 19.1. The van der Waals surface area contributed by atoms with Gasteiger partial charge in [-0.05, 0) is 69.9 Å². The lowest BCUT2D eigenvalue weighted by atomic mass is 9.66. The number of amides is 2. The third-order valence-corrected chi connectivity index (χ3v) is 8.56. The SMILES string of the molecule is COC1CC2C(CN1)CC(C1CC(NC(=O)C3CCCN3C)CCC1C)C(=O)N2C. The Morgan fingerprint density at radius 1 is 1.17 bits per heavy atom. The first-order valence-electron chi connectivity index (χ1n) is 11.9. The molecular weight excluding hydrogens is 380 g/mol. The van der Waals surface area contributed by atoms with Crippen LogP contribution in [0.15, 0.2) is 0 Å². The van der Waals surface area contributed by atoms with E-state index in [1.807, 2.05) is 19.0 Å². The van der Waals surface area contributed by atoms with Crippen LogP contribution < -0.4 is 10.6 Å². The maximum atomic E-state index is 13.4. The Hall–Kier alpha value is -1.18. The average Bonchev–Trinajstić information content (AvgIpc) is 3.18. The summed E-state index contributed by atoms with van der Waals surface area (Å²) >= 11 is 0. The first kappa shape index (κ1) is 22.0. The minimum Gasteiger partial charge on any atom is -0.367 e. The number of rotatable bonds is 4. The van der Waals surface area contributed by atoms with Crippen molar-refractivity contribution in [1.29, 1.82) is 0 Å². The quantitative estimate of drug-likeness (QED) is 0.720. The molecule has 170 valence electrons. The van der Waals surface area contributed by atoms with Gasteiger partial charge in [-0.3, -0.25) is 19.8 Å². The summed E-state index contributed by atoms with van der Waals surface area (Å²) in [5.41, 5.74) is 0. The number of fused-ring (bicyclic) bond motifs is 1. The van der Waals surface area contributed by atoms with Crippen molar-refractivity contribution in [3.05, 3.63) is 0 Å². The Morgan fingerprint density at radius 2 is 1.97 bits per heavy atom. The number of ether oxygens (including phenoxy) is 1. The van der Waals surface area contributed by atoms with Gasteiger partial charge in [0, 0.05) is 45.1 Å². The van der Waals surface area contributed by atoms with Crippen LogP contribution in [0.2, 0.25) is 0 Å². The van der Waals surface area contributed by atoms with Gasteiger partial charge in [-0.25, -0.2) is 0 Å². The largest absolute Gasteiger partial charge is 0.367 e. The van der Waals surface area contributed by atoms with Crippen molar-refractivity contribution < 1.29 is 14.3 Å². The fraction of sp³-hybridized carbons (Fsp3) is 0.913. The van der Waals surface area contributed by atoms with E-state index in [9.17, 15) is 9.59 Å². The molecule has 3 heterocycles. The van der Waals surface area contributed by atoms with Crippen molar-refractivity contribution in [3.8, 4) is 0 Å². The molecule has 0 aromatic carbocycles. The Balaban J connectivity index is 1.41. The van der Waals surface area contributed by atoms with Gasteiger partial charge in [0.05, 0.1) is 6.04 Å². The molecule has 3 aliphatic heterocycles. The average molecular weight is 421 g/mol. The first-order valence-corrected chi connectivity index (χ1v) is 11.9. The number of piperidine rings is 2. The molecule has 0 bridgehead atoms. The fourth-order valence-corrected chi connectivity index (χ4v) is 6.61. The molecule has 4 rings (SSSR count). The van der Waals surface area contributed by atoms with Crippen LogP contribution >= 0.6 is 0 Å². The van der Waals surface area contributed by atoms with E-state index in [-0.39, 0.29) is 36.2 Å². The van der Waals surface area contributed by atoms with E-state index in [0.717, 1.165) is 58.0 Å². The highest BCUT2D eigenvalue weighted by atomic mass is 16.5. The number of methoxy groups -OCH3 is 1. The molecule has 2 amide bonds. The highest BCUT2D eigenvalue weighted by Crippen LogP contribution is 2.43. The predicted molar refractivity (Wildman–Crippen MR) is 116 cm³/mol. The van der Waals surface area contributed by atoms with E-state index < -0.39 is 0 Å². The molecule has 0 aromatic rings. The predicted octanol–water partition coefficient (Wildman–Crippen LogP) is 1.43. The number of likely N-dealkylation sites (N-methyl/N-ethyl adjacent to an activating group) is 1. The summed E-state index contributed by atoms with van der Waals surface area (Å²) in [5.74, 6) is 1.91. The van der Waals surface area contributed by atoms with Crippen molar-refractivity contribution in [2.45, 2.75) is 76.2 Å². The van der Waals surface area contributed by atoms with E-state index in [2.05, 4.69) is 22.5 Å². The number of nitrogens with one attached hydrogen (secondary N) is 2. The topological polar surface area (TPSA) is 73.9 Å². The molecular formula is C23H40N4O3. The molecule has 1 aliphatic carbocycles. The van der Waals surface area contributed by atoms with E-state index in [1.54, 1.807) is 7.11 Å². The van der Waals surface area contributed by atoms with Gasteiger partial charge in [0.2, 0.25) is 11.8 Å². The molecule has 0 aromatic heterocycles. The third-order valence-electron chi connectivity index (χ3n) is 8.56. The smallest absolute Gasteiger partial charge is 0.237 e. The molecule has 1 saturated carbocycles. The molecule has 8 unspecified atom stereocenters. The molecule has 2 N–H and O–H groups in total. The maximum Gasteiger partial charge on any atom is 0.237 e. The number of carbonyl (C=O) groups excluding carboxylic acids is 2. The number of carbonyl (C=O) groups is 2. The van der Waals surface area contributed by atoms with Gasteiger partial charge in [0.25, 0.3) is 0 Å². The van der Waals surface area contributed by atoms with Crippen molar-refractivity contribution in [2.75, 3.05) is 34.3 Å². The van der Waals surface area contributed by atoms with Crippen LogP contribution in [0.4, 0.5) is 0 Å². The van der Waals surface area contributed by atoms with E-state index in [1.165, 1.54) is 0 Å². The van der Waals surface area contributed by atoms with Crippen molar-refractivity contribution in [1.82, 2.24) is 20.4 Å². The Morgan fingerprint density at radius 3 is 2.67 bits per heavy atom. The van der Waals surface area contributed by atoms with Crippen LogP contribution in [0.3, 0.4) is 0 Å². The van der Waals surface area contributed by atoms with Crippen LogP contribution in [-0.2, 0) is 14.3 Å². The highest BCUT2D eigenvalue weighted by Gasteiger charge is 2.47. The molecule has 7 heteroatoms. The van der Waals surface area contributed by atoms with E-state index in [4.69, 9.17) is 4.74 Å². The minimum atomic E-state index is 0.0213. The molecule has 30 heavy (non-hydrogen) atoms. The summed E-state index contributed by atoms with van der Waals surface area (Å²) in [6, 6.07) is 0.492. The summed E-state index contributed by atoms with van der Waals surface area (Å²) in [6.07, 6.45) is 6.96. The van der Waals surface area contributed by atoms with Gasteiger partial charge < -0.3 is 15.0 Å². The highest BCUT2D eigenvalue weighted by molar-refractivity contribution is 5.82. The molecule has 3 saturated heterocycles. The zero-order valence-electron chi connectivity index (χ0n) is 19.1. The number of hydrogen-bond acceptors (Lipinski definition) is 5. The van der Waals surface area contributed by atoms with Crippen molar-refractivity contribution >= 4 is 11.8 Å². The van der Waals surface area contributed by atoms with Gasteiger partial charge in [-0.1, -0.05) is 6.92 Å². The molecule has 4 fully saturated rings. The maximum absolute atomic E-state index is 13.4. The molecule has 0 radical (unpaired) electrons. The second-order valence-electron chi connectivity index (χ2n) is 10.3. The lowest BCUT2D eigenvalue weighted by Gasteiger charge is -2.50. The van der Waals surface area contributed by atoms with Crippen molar-refractivity contribution in [3.63, 3.8) is 0 Å². The van der Waals surface area contributed by atoms with Gasteiger partial charge in [-0.15, -0.1) is 0 Å². The number of hydrogen-bond donors (Lipinski definition) is 2. The first-order chi connectivity index (χ1) is 14.4. The second-order valence-corrected chi connectivity index (χ2v) is 10.3. The third kappa shape index (κ3) is 4.26. The summed E-state index contributed by atoms with van der Waals surface area (Å²) in [6.45, 7) is 4.21. The van der Waals surface area contributed by atoms with E-state index >= 15 is 0 Å². The Bertz CT molecular complexity index is 644. The minimum absolute atomic E-state index is 0.0213. The van der Waals surface area contributed by atoms with Crippen LogP contribution in [0, 0.1) is 23.7 Å². The lowest BCUT2D eigenvalue weighted by molar-refractivity contribution is -0.151. The Kier molecular flexibility index (Phi) is 6.70. The zero-order chi connectivity index (χ0) is 21.4. The molecule has 7 nitrogen and oxygen atoms in total. The standard InChI is InChI=1S/C23H40N4O3/c1-14-7-8-16(25-22(28)19-6-5-9-26(19)2)11-17(14)18-10-15-13-24-21(30-4)12-20(15)27(3)23(18)29/h14-21,24H,5-13H2,1-4H3,(H,25,28). The van der Waals surface area contributed by atoms with Gasteiger partial charge >= 0.3 is 0 Å². The number of nitrogens with zero attached hydrogens (tertiary/aromatic N) is 2. The summed E-state index contributed by atoms with van der Waals surface area (Å²) < 4.78 is 5.49. The molecule has 0 spiro atoms. The molecule has 4 aliphatic rings. The van der Waals surface area contributed by atoms with Gasteiger partial charge in [-0.2, -0.15) is 0 Å². The fourth-order valence-electron chi connectivity index (χ4n) is 6.61. The van der Waals surface area contributed by atoms with E-state index in [0.29, 0.717) is 23.7 Å². The monoisotopic (exact) mass is 420 g/mol. The number of likely N-dealkylation sites (tertiary alicyclic amines) is 2. The van der Waals surface area contributed by atoms with Crippen LogP contribution in [-0.4, -0.2) is 80.3 Å². The van der Waals surface area contributed by atoms with Gasteiger partial charge in [0.1, 0.15) is 6.23 Å². The summed E-state index contributed by atoms with van der Waals surface area (Å²) in [4.78, 5) is 30.4.